The van der Waals surface area contributed by atoms with Crippen LogP contribution in [0.2, 0.25) is 0 Å². The minimum absolute atomic E-state index is 0.0180. The monoisotopic (exact) mass is 350 g/mol. The largest absolute Gasteiger partial charge is 0.497 e. The third-order valence-electron chi connectivity index (χ3n) is 3.57. The molecule has 0 aliphatic carbocycles. The van der Waals surface area contributed by atoms with Gasteiger partial charge in [-0.25, -0.2) is 0 Å². The van der Waals surface area contributed by atoms with Gasteiger partial charge in [0.1, 0.15) is 17.3 Å². The van der Waals surface area contributed by atoms with Crippen molar-refractivity contribution in [3.05, 3.63) is 108 Å². The summed E-state index contributed by atoms with van der Waals surface area (Å²) in [4.78, 5) is 12.4. The lowest BCUT2D eigenvalue weighted by molar-refractivity contribution is 0.103. The molecule has 136 valence electrons. The summed E-state index contributed by atoms with van der Waals surface area (Å²) in [6, 6.07) is 7.51. The Kier molecular flexibility index (Phi) is 8.65. The molecule has 3 heteroatoms. The summed E-state index contributed by atoms with van der Waals surface area (Å²) in [5, 5.41) is 0. The molecule has 3 nitrogen and oxygen atoms in total. The van der Waals surface area contributed by atoms with Crippen molar-refractivity contribution in [2.75, 3.05) is 7.11 Å². The smallest absolute Gasteiger partial charge is 0.188 e. The van der Waals surface area contributed by atoms with Gasteiger partial charge in [0, 0.05) is 5.56 Å². The summed E-state index contributed by atoms with van der Waals surface area (Å²) in [6.45, 7) is 13.0. The maximum atomic E-state index is 12.4. The van der Waals surface area contributed by atoms with Gasteiger partial charge < -0.3 is 9.47 Å². The van der Waals surface area contributed by atoms with Crippen molar-refractivity contribution in [3.8, 4) is 0 Å². The van der Waals surface area contributed by atoms with Crippen LogP contribution in [0.4, 0.5) is 0 Å². The third-order valence-corrected chi connectivity index (χ3v) is 3.57. The van der Waals surface area contributed by atoms with Gasteiger partial charge in [-0.1, -0.05) is 49.1 Å². The van der Waals surface area contributed by atoms with E-state index < -0.39 is 0 Å². The zero-order chi connectivity index (χ0) is 19.5. The highest BCUT2D eigenvalue weighted by Crippen LogP contribution is 2.12. The highest BCUT2D eigenvalue weighted by atomic mass is 16.5. The maximum absolute atomic E-state index is 12.4. The lowest BCUT2D eigenvalue weighted by atomic mass is 10.0. The number of hydrogen-bond donors (Lipinski definition) is 0. The van der Waals surface area contributed by atoms with Crippen LogP contribution in [-0.4, -0.2) is 12.9 Å². The molecule has 0 unspecified atom stereocenters. The SMILES string of the molecule is C=C/C(=C\C=C(/C)O/C(C=C)=C/C=C(\C)C(=O)c1ccc(C)cc1)OC. The van der Waals surface area contributed by atoms with Gasteiger partial charge in [-0.3, -0.25) is 4.79 Å². The van der Waals surface area contributed by atoms with Gasteiger partial charge >= 0.3 is 0 Å². The lowest BCUT2D eigenvalue weighted by Crippen LogP contribution is -2.00. The van der Waals surface area contributed by atoms with Crippen LogP contribution in [-0.2, 0) is 9.47 Å². The van der Waals surface area contributed by atoms with Crippen LogP contribution >= 0.6 is 0 Å². The molecule has 0 heterocycles. The number of ether oxygens (including phenoxy) is 2. The van der Waals surface area contributed by atoms with E-state index in [0.29, 0.717) is 28.4 Å². The van der Waals surface area contributed by atoms with Crippen LogP contribution < -0.4 is 0 Å². The Bertz CT molecular complexity index is 772. The van der Waals surface area contributed by atoms with Crippen molar-refractivity contribution in [1.82, 2.24) is 0 Å². The predicted molar refractivity (Wildman–Crippen MR) is 108 cm³/mol. The molecule has 0 N–H and O–H groups in total. The molecule has 1 rings (SSSR count). The molecule has 0 atom stereocenters. The lowest BCUT2D eigenvalue weighted by Gasteiger charge is -2.06. The van der Waals surface area contributed by atoms with Crippen LogP contribution in [0.5, 0.6) is 0 Å². The second-order valence-electron chi connectivity index (χ2n) is 5.67. The first-order valence-electron chi connectivity index (χ1n) is 8.26. The number of methoxy groups -OCH3 is 1. The fourth-order valence-corrected chi connectivity index (χ4v) is 2.00. The number of Topliss-reactive ketones (excluding diaryl/α,β-unsaturated/α-hetero) is 1. The summed E-state index contributed by atoms with van der Waals surface area (Å²) in [6.07, 6.45) is 10.2. The first kappa shape index (κ1) is 21.0. The number of benzene rings is 1. The maximum Gasteiger partial charge on any atom is 0.188 e. The van der Waals surface area contributed by atoms with E-state index in [4.69, 9.17) is 9.47 Å². The number of rotatable bonds is 9. The average molecular weight is 350 g/mol. The molecule has 26 heavy (non-hydrogen) atoms. The van der Waals surface area contributed by atoms with Crippen molar-refractivity contribution < 1.29 is 14.3 Å². The zero-order valence-corrected chi connectivity index (χ0v) is 15.9. The molecule has 1 aromatic rings. The Hall–Kier alpha value is -3.07. The van der Waals surface area contributed by atoms with Gasteiger partial charge in [-0.15, -0.1) is 0 Å². The topological polar surface area (TPSA) is 35.5 Å². The summed E-state index contributed by atoms with van der Waals surface area (Å²) >= 11 is 0. The van der Waals surface area contributed by atoms with E-state index in [1.165, 1.54) is 0 Å². The van der Waals surface area contributed by atoms with Gasteiger partial charge in [0.25, 0.3) is 0 Å². The molecule has 0 fully saturated rings. The van der Waals surface area contributed by atoms with Crippen LogP contribution in [0, 0.1) is 6.92 Å². The summed E-state index contributed by atoms with van der Waals surface area (Å²) in [5.74, 6) is 1.82. The van der Waals surface area contributed by atoms with Gasteiger partial charge in [0.15, 0.2) is 5.78 Å². The standard InChI is InChI=1S/C23H26O3/c1-7-21(25-6)16-12-19(5)26-22(8-2)15-11-18(4)23(24)20-13-9-17(3)10-14-20/h7-16H,1-2H2,3-6H3/b18-11+,19-12+,21-16+,22-15+. The van der Waals surface area contributed by atoms with Crippen molar-refractivity contribution >= 4 is 5.78 Å². The number of ketones is 1. The molecular weight excluding hydrogens is 324 g/mol. The first-order valence-corrected chi connectivity index (χ1v) is 8.26. The molecule has 0 aromatic heterocycles. The Labute approximate surface area is 156 Å². The minimum atomic E-state index is -0.0180. The second kappa shape index (κ2) is 10.7. The number of carbonyl (C=O) groups is 1. The van der Waals surface area contributed by atoms with Gasteiger partial charge in [-0.05, 0) is 56.7 Å². The van der Waals surface area contributed by atoms with Gasteiger partial charge in [0.2, 0.25) is 0 Å². The van der Waals surface area contributed by atoms with Crippen LogP contribution in [0.1, 0.15) is 29.8 Å². The van der Waals surface area contributed by atoms with E-state index in [1.54, 1.807) is 50.5 Å². The van der Waals surface area contributed by atoms with Crippen molar-refractivity contribution in [2.45, 2.75) is 20.8 Å². The molecule has 0 spiro atoms. The molecule has 0 bridgehead atoms. The second-order valence-corrected chi connectivity index (χ2v) is 5.67. The molecule has 0 aliphatic heterocycles. The molecule has 0 aliphatic rings. The average Bonchev–Trinajstić information content (AvgIpc) is 2.65. The highest BCUT2D eigenvalue weighted by molar-refractivity contribution is 6.08. The van der Waals surface area contributed by atoms with Crippen LogP contribution in [0.15, 0.2) is 96.7 Å². The van der Waals surface area contributed by atoms with E-state index >= 15 is 0 Å². The predicted octanol–water partition coefficient (Wildman–Crippen LogP) is 5.83. The molecular formula is C23H26O3. The molecule has 0 saturated heterocycles. The van der Waals surface area contributed by atoms with E-state index in [1.807, 2.05) is 38.1 Å². The van der Waals surface area contributed by atoms with Gasteiger partial charge in [-0.2, -0.15) is 0 Å². The molecule has 1 aromatic carbocycles. The van der Waals surface area contributed by atoms with E-state index in [2.05, 4.69) is 13.2 Å². The molecule has 0 saturated carbocycles. The molecule has 0 amide bonds. The summed E-state index contributed by atoms with van der Waals surface area (Å²) < 4.78 is 10.8. The normalized spacial score (nSPS) is 13.2. The Morgan fingerprint density at radius 2 is 1.50 bits per heavy atom. The van der Waals surface area contributed by atoms with Crippen molar-refractivity contribution in [1.29, 1.82) is 0 Å². The highest BCUT2D eigenvalue weighted by Gasteiger charge is 2.07. The van der Waals surface area contributed by atoms with E-state index in [0.717, 1.165) is 5.56 Å². The van der Waals surface area contributed by atoms with Crippen LogP contribution in [0.3, 0.4) is 0 Å². The van der Waals surface area contributed by atoms with Crippen molar-refractivity contribution in [2.24, 2.45) is 0 Å². The Balaban J connectivity index is 2.89. The van der Waals surface area contributed by atoms with E-state index in [9.17, 15) is 4.79 Å². The van der Waals surface area contributed by atoms with Crippen LogP contribution in [0.25, 0.3) is 0 Å². The van der Waals surface area contributed by atoms with Crippen molar-refractivity contribution in [3.63, 3.8) is 0 Å². The summed E-state index contributed by atoms with van der Waals surface area (Å²) in [7, 11) is 1.57. The van der Waals surface area contributed by atoms with Gasteiger partial charge in [0.05, 0.1) is 7.11 Å². The fourth-order valence-electron chi connectivity index (χ4n) is 2.00. The van der Waals surface area contributed by atoms with E-state index in [-0.39, 0.29) is 5.78 Å². The number of aryl methyl sites for hydroxylation is 1. The zero-order valence-electron chi connectivity index (χ0n) is 15.9. The quantitative estimate of drug-likeness (QED) is 0.243. The number of carbonyl (C=O) groups excluding carboxylic acids is 1. The molecule has 0 radical (unpaired) electrons. The first-order chi connectivity index (χ1) is 12.4. The Morgan fingerprint density at radius 1 is 0.923 bits per heavy atom. The fraction of sp³-hybridized carbons (Fsp3) is 0.174. The number of allylic oxidation sites excluding steroid dienone is 8. The minimum Gasteiger partial charge on any atom is -0.497 e. The Morgan fingerprint density at radius 3 is 2.04 bits per heavy atom. The third kappa shape index (κ3) is 6.81. The summed E-state index contributed by atoms with van der Waals surface area (Å²) in [5.41, 5.74) is 2.40. The number of hydrogen-bond acceptors (Lipinski definition) is 3.